The van der Waals surface area contributed by atoms with Crippen molar-refractivity contribution in [3.8, 4) is 28.7 Å². The van der Waals surface area contributed by atoms with Crippen molar-refractivity contribution in [1.29, 1.82) is 0 Å². The molecule has 0 atom stereocenters. The number of para-hydroxylation sites is 1. The van der Waals surface area contributed by atoms with Crippen molar-refractivity contribution in [3.05, 3.63) is 151 Å². The molecule has 0 radical (unpaired) electrons. The number of allylic oxidation sites excluding steroid dienone is 2. The van der Waals surface area contributed by atoms with E-state index in [1.807, 2.05) is 54.7 Å². The van der Waals surface area contributed by atoms with Crippen molar-refractivity contribution < 1.29 is 34.0 Å². The third-order valence-electron chi connectivity index (χ3n) is 9.37. The number of hydrogen-bond acceptors (Lipinski definition) is 5. The molecule has 52 heavy (non-hydrogen) atoms. The summed E-state index contributed by atoms with van der Waals surface area (Å²) in [6, 6.07) is 33.0. The Balaban J connectivity index is 0.00000469. The quantitative estimate of drug-likeness (QED) is 0.128. The van der Waals surface area contributed by atoms with Gasteiger partial charge in [-0.3, -0.25) is 4.98 Å². The van der Waals surface area contributed by atoms with E-state index < -0.39 is 20.7 Å². The van der Waals surface area contributed by atoms with Gasteiger partial charge in [-0.2, -0.15) is 6.07 Å². The second-order valence-electron chi connectivity index (χ2n) is 13.6. The second kappa shape index (κ2) is 12.9. The molecule has 2 aliphatic heterocycles. The summed E-state index contributed by atoms with van der Waals surface area (Å²) in [5.74, 6) is 2.97. The van der Waals surface area contributed by atoms with Crippen molar-refractivity contribution in [3.63, 3.8) is 0 Å². The van der Waals surface area contributed by atoms with Crippen LogP contribution in [-0.4, -0.2) is 36.6 Å². The molecule has 0 unspecified atom stereocenters. The molecule has 7 aromatic rings. The van der Waals surface area contributed by atoms with Gasteiger partial charge in [-0.1, -0.05) is 86.0 Å². The first-order chi connectivity index (χ1) is 27.2. The molecular weight excluding hydrogens is 822 g/mol. The molecule has 256 valence electrons. The molecule has 0 saturated heterocycles. The number of nitrogens with zero attached hydrogens (tertiary/aromatic N) is 6. The van der Waals surface area contributed by atoms with Gasteiger partial charge in [-0.15, -0.1) is 41.3 Å². The maximum Gasteiger partial charge on any atom is 2.00 e. The Morgan fingerprint density at radius 1 is 0.827 bits per heavy atom. The van der Waals surface area contributed by atoms with Crippen molar-refractivity contribution in [2.24, 2.45) is 4.99 Å². The number of ether oxygens (including phenoxy) is 1. The van der Waals surface area contributed by atoms with Gasteiger partial charge in [0, 0.05) is 37.3 Å². The number of rotatable bonds is 5. The fourth-order valence-corrected chi connectivity index (χ4v) is 6.91. The summed E-state index contributed by atoms with van der Waals surface area (Å²) in [5, 5.41) is 2.07. The van der Waals surface area contributed by atoms with E-state index in [-0.39, 0.29) is 43.1 Å². The minimum absolute atomic E-state index is 0. The number of benzene rings is 4. The molecule has 5 heterocycles. The van der Waals surface area contributed by atoms with Gasteiger partial charge in [-0.05, 0) is 72.1 Å². The monoisotopic (exact) mass is 863 g/mol. The van der Waals surface area contributed by atoms with Crippen LogP contribution < -0.4 is 10.2 Å². The normalized spacial score (nSPS) is 15.8. The van der Waals surface area contributed by atoms with Gasteiger partial charge in [0.25, 0.3) is 0 Å². The average molecular weight is 864 g/mol. The first kappa shape index (κ1) is 27.2. The SMILES string of the molecule is [2H]C([2H])([2H])c1cccc(C([2H])([2H])[2H])c1B1N2C=CC=CC2=Nc2cnc(-c3[c-]c(Oc4[c-]c5c(cc4)c4ccccc4n5-c4cc(C(C)(C)C)ccn4)ccc3)n21.[Pt+2]. The Kier molecular flexibility index (Phi) is 6.78. The molecule has 0 bridgehead atoms. The van der Waals surface area contributed by atoms with Crippen molar-refractivity contribution in [2.45, 2.75) is 39.9 Å². The van der Waals surface area contributed by atoms with Crippen LogP contribution in [0.15, 0.2) is 127 Å². The number of fused-ring (bicyclic) bond motifs is 5. The minimum Gasteiger partial charge on any atom is -0.503 e. The van der Waals surface area contributed by atoms with Crippen LogP contribution in [0.1, 0.15) is 45.7 Å². The van der Waals surface area contributed by atoms with E-state index in [4.69, 9.17) is 27.9 Å². The first-order valence-electron chi connectivity index (χ1n) is 19.7. The smallest absolute Gasteiger partial charge is 0.503 e. The number of aromatic nitrogens is 4. The van der Waals surface area contributed by atoms with Gasteiger partial charge in [0.05, 0.1) is 6.20 Å². The topological polar surface area (TPSA) is 60.5 Å². The molecule has 0 amide bonds. The van der Waals surface area contributed by atoms with Gasteiger partial charge in [0.15, 0.2) is 0 Å². The summed E-state index contributed by atoms with van der Waals surface area (Å²) in [6.07, 6.45) is 10.6. The van der Waals surface area contributed by atoms with Crippen LogP contribution in [0.4, 0.5) is 5.82 Å². The van der Waals surface area contributed by atoms with Crippen molar-refractivity contribution in [1.82, 2.24) is 23.8 Å². The first-order valence-corrected chi connectivity index (χ1v) is 16.7. The van der Waals surface area contributed by atoms with E-state index in [9.17, 15) is 0 Å². The average Bonchev–Trinajstić information content (AvgIpc) is 3.74. The minimum atomic E-state index is -2.61. The molecular formula is C43H35BN6OPt. The number of hydrogen-bond donors (Lipinski definition) is 0. The van der Waals surface area contributed by atoms with Crippen LogP contribution in [0.25, 0.3) is 39.0 Å². The number of aliphatic imine (C=N–C) groups is 1. The molecule has 9 rings (SSSR count). The maximum atomic E-state index is 8.46. The largest absolute Gasteiger partial charge is 2.00 e. The van der Waals surface area contributed by atoms with Gasteiger partial charge in [0.2, 0.25) is 0 Å². The molecule has 0 N–H and O–H groups in total. The maximum absolute atomic E-state index is 8.46. The zero-order valence-electron chi connectivity index (χ0n) is 34.5. The molecule has 7 nitrogen and oxygen atoms in total. The van der Waals surface area contributed by atoms with Crippen LogP contribution in [0.3, 0.4) is 0 Å². The third-order valence-corrected chi connectivity index (χ3v) is 9.37. The van der Waals surface area contributed by atoms with Crippen LogP contribution in [0.2, 0.25) is 0 Å². The zero-order valence-corrected chi connectivity index (χ0v) is 30.8. The molecule has 0 fully saturated rings. The van der Waals surface area contributed by atoms with Crippen LogP contribution in [0.5, 0.6) is 11.5 Å². The predicted molar refractivity (Wildman–Crippen MR) is 207 cm³/mol. The fourth-order valence-electron chi connectivity index (χ4n) is 6.91. The summed E-state index contributed by atoms with van der Waals surface area (Å²) >= 11 is 0. The zero-order chi connectivity index (χ0) is 39.9. The molecule has 3 aromatic heterocycles. The van der Waals surface area contributed by atoms with Gasteiger partial charge < -0.3 is 18.6 Å². The summed E-state index contributed by atoms with van der Waals surface area (Å²) in [6.45, 7) is 0.345. The molecule has 9 heteroatoms. The number of pyridine rings is 1. The second-order valence-corrected chi connectivity index (χ2v) is 13.6. The van der Waals surface area contributed by atoms with E-state index in [2.05, 4.69) is 55.7 Å². The Morgan fingerprint density at radius 2 is 1.63 bits per heavy atom. The van der Waals surface area contributed by atoms with Crippen LogP contribution >= 0.6 is 0 Å². The molecule has 0 spiro atoms. The summed E-state index contributed by atoms with van der Waals surface area (Å²) in [7, 11) is 0. The fraction of sp³-hybridized carbons (Fsp3) is 0.140. The van der Waals surface area contributed by atoms with Crippen LogP contribution in [0, 0.1) is 25.8 Å². The molecule has 2 aliphatic rings. The van der Waals surface area contributed by atoms with Gasteiger partial charge >= 0.3 is 28.0 Å². The van der Waals surface area contributed by atoms with E-state index >= 15 is 0 Å². The molecule has 0 aliphatic carbocycles. The molecule has 0 saturated carbocycles. The number of aryl methyl sites for hydroxylation is 2. The van der Waals surface area contributed by atoms with Gasteiger partial charge in [-0.25, -0.2) is 9.98 Å². The summed E-state index contributed by atoms with van der Waals surface area (Å²) < 4.78 is 61.1. The summed E-state index contributed by atoms with van der Waals surface area (Å²) in [5.41, 5.74) is 3.42. The Hall–Kier alpha value is -5.46. The Morgan fingerprint density at radius 3 is 2.46 bits per heavy atom. The molecule has 4 aromatic carbocycles. The Bertz CT molecular complexity index is 2800. The predicted octanol–water partition coefficient (Wildman–Crippen LogP) is 9.02. The van der Waals surface area contributed by atoms with E-state index in [1.165, 1.54) is 18.2 Å². The summed E-state index contributed by atoms with van der Waals surface area (Å²) in [4.78, 5) is 16.1. The van der Waals surface area contributed by atoms with Gasteiger partial charge in [0.1, 0.15) is 17.5 Å². The van der Waals surface area contributed by atoms with Crippen molar-refractivity contribution >= 4 is 45.9 Å². The van der Waals surface area contributed by atoms with E-state index in [0.717, 1.165) is 33.2 Å². The van der Waals surface area contributed by atoms with E-state index in [1.54, 1.807) is 39.9 Å². The number of amidine groups is 1. The van der Waals surface area contributed by atoms with Crippen molar-refractivity contribution in [2.75, 3.05) is 0 Å². The third kappa shape index (κ3) is 5.62. The Labute approximate surface area is 326 Å². The standard InChI is InChI=1S/C43H35BN6O.Pt/c1-28-12-10-13-29(2)41(28)44-48-23-9-8-18-38(48)47-40-27-46-42(50(40)44)30-14-11-15-32(24-30)51-33-19-20-35-34-16-6-7-17-36(34)49(37(35)26-33)39-25-31(21-22-45-39)43(3,4)5;/h6-23,25,27H,1-5H3;/q-2;+2/i1D3,2D3;. The van der Waals surface area contributed by atoms with Crippen LogP contribution in [-0.2, 0) is 26.5 Å². The van der Waals surface area contributed by atoms with E-state index in [0.29, 0.717) is 34.5 Å². The number of imidazole rings is 1.